The molecule has 0 fully saturated rings. The molecule has 0 radical (unpaired) electrons. The van der Waals surface area contributed by atoms with Gasteiger partial charge in [-0.3, -0.25) is 4.79 Å². The van der Waals surface area contributed by atoms with Crippen LogP contribution in [0.15, 0.2) is 29.2 Å². The highest BCUT2D eigenvalue weighted by atomic mass is 32.2. The largest absolute Gasteiger partial charge is 0.369 e. The second-order valence-electron chi connectivity index (χ2n) is 4.46. The fraction of sp³-hybridized carbons (Fsp3) is 0.417. The molecular formula is C12H19N3O3S. The molecule has 0 bridgehead atoms. The number of rotatable bonds is 6. The summed E-state index contributed by atoms with van der Waals surface area (Å²) in [5.74, 6) is -0.684. The van der Waals surface area contributed by atoms with Crippen molar-refractivity contribution in [3.63, 3.8) is 0 Å². The molecule has 7 heteroatoms. The minimum Gasteiger partial charge on any atom is -0.369 e. The summed E-state index contributed by atoms with van der Waals surface area (Å²) in [6.45, 7) is 3.39. The number of carbonyl (C=O) groups excluding carboxylic acids is 1. The van der Waals surface area contributed by atoms with Crippen molar-refractivity contribution in [3.05, 3.63) is 29.8 Å². The van der Waals surface area contributed by atoms with Crippen LogP contribution < -0.4 is 11.5 Å². The molecule has 4 N–H and O–H groups in total. The summed E-state index contributed by atoms with van der Waals surface area (Å²) in [4.78, 5) is 11.1. The van der Waals surface area contributed by atoms with Crippen LogP contribution in [-0.4, -0.2) is 31.2 Å². The number of benzene rings is 1. The number of nitrogens with zero attached hydrogens (tertiary/aromatic N) is 1. The molecule has 106 valence electrons. The van der Waals surface area contributed by atoms with Crippen molar-refractivity contribution in [2.75, 3.05) is 6.54 Å². The maximum Gasteiger partial charge on any atom is 0.243 e. The molecular weight excluding hydrogens is 266 g/mol. The van der Waals surface area contributed by atoms with Crippen molar-refractivity contribution < 1.29 is 13.2 Å². The average Bonchev–Trinajstić information content (AvgIpc) is 2.35. The third kappa shape index (κ3) is 3.76. The predicted molar refractivity (Wildman–Crippen MR) is 72.6 cm³/mol. The van der Waals surface area contributed by atoms with Gasteiger partial charge in [0.15, 0.2) is 0 Å². The molecule has 19 heavy (non-hydrogen) atoms. The molecule has 0 aliphatic heterocycles. The van der Waals surface area contributed by atoms with Gasteiger partial charge in [-0.15, -0.1) is 0 Å². The normalized spacial score (nSPS) is 12.1. The van der Waals surface area contributed by atoms with Crippen LogP contribution >= 0.6 is 0 Å². The summed E-state index contributed by atoms with van der Waals surface area (Å²) < 4.78 is 25.9. The van der Waals surface area contributed by atoms with Gasteiger partial charge in [0.05, 0.1) is 11.4 Å². The van der Waals surface area contributed by atoms with E-state index in [0.29, 0.717) is 6.54 Å². The summed E-state index contributed by atoms with van der Waals surface area (Å²) >= 11 is 0. The first-order valence-corrected chi connectivity index (χ1v) is 7.32. The lowest BCUT2D eigenvalue weighted by Gasteiger charge is -2.24. The van der Waals surface area contributed by atoms with Crippen molar-refractivity contribution in [2.24, 2.45) is 11.5 Å². The van der Waals surface area contributed by atoms with Gasteiger partial charge < -0.3 is 11.5 Å². The molecule has 1 aromatic rings. The van der Waals surface area contributed by atoms with E-state index in [1.807, 2.05) is 0 Å². The van der Waals surface area contributed by atoms with E-state index in [1.54, 1.807) is 26.0 Å². The highest BCUT2D eigenvalue weighted by Gasteiger charge is 2.28. The Morgan fingerprint density at radius 2 is 1.79 bits per heavy atom. The van der Waals surface area contributed by atoms with E-state index in [-0.39, 0.29) is 17.5 Å². The molecule has 0 saturated carbocycles. The van der Waals surface area contributed by atoms with E-state index in [9.17, 15) is 13.2 Å². The molecule has 0 atom stereocenters. The zero-order valence-electron chi connectivity index (χ0n) is 11.0. The van der Waals surface area contributed by atoms with Crippen LogP contribution in [0.3, 0.4) is 0 Å². The van der Waals surface area contributed by atoms with Crippen molar-refractivity contribution in [3.8, 4) is 0 Å². The number of amides is 1. The first-order valence-electron chi connectivity index (χ1n) is 5.88. The maximum absolute atomic E-state index is 12.4. The van der Waals surface area contributed by atoms with Crippen molar-refractivity contribution in [2.45, 2.75) is 31.3 Å². The molecule has 0 saturated heterocycles. The van der Waals surface area contributed by atoms with Crippen LogP contribution in [-0.2, 0) is 21.4 Å². The fourth-order valence-electron chi connectivity index (χ4n) is 1.63. The topological polar surface area (TPSA) is 106 Å². The van der Waals surface area contributed by atoms with E-state index >= 15 is 0 Å². The SMILES string of the molecule is CC(C)N(CC(N)=O)S(=O)(=O)c1ccc(CN)cc1. The Kier molecular flexibility index (Phi) is 5.04. The summed E-state index contributed by atoms with van der Waals surface area (Å²) in [5.41, 5.74) is 11.4. The summed E-state index contributed by atoms with van der Waals surface area (Å²) in [6.07, 6.45) is 0. The lowest BCUT2D eigenvalue weighted by Crippen LogP contribution is -2.42. The van der Waals surface area contributed by atoms with Gasteiger partial charge in [0.2, 0.25) is 15.9 Å². The zero-order chi connectivity index (χ0) is 14.6. The molecule has 0 unspecified atom stereocenters. The lowest BCUT2D eigenvalue weighted by atomic mass is 10.2. The van der Waals surface area contributed by atoms with Crippen molar-refractivity contribution in [1.29, 1.82) is 0 Å². The summed E-state index contributed by atoms with van der Waals surface area (Å²) in [5, 5.41) is 0. The van der Waals surface area contributed by atoms with Crippen LogP contribution in [0, 0.1) is 0 Å². The summed E-state index contributed by atoms with van der Waals surface area (Å²) in [6, 6.07) is 5.90. The average molecular weight is 285 g/mol. The van der Waals surface area contributed by atoms with Gasteiger partial charge >= 0.3 is 0 Å². The number of carbonyl (C=O) groups is 1. The first-order chi connectivity index (χ1) is 8.78. The number of hydrogen-bond donors (Lipinski definition) is 2. The van der Waals surface area contributed by atoms with Crippen LogP contribution in [0.4, 0.5) is 0 Å². The molecule has 0 spiro atoms. The van der Waals surface area contributed by atoms with Crippen LogP contribution in [0.5, 0.6) is 0 Å². The summed E-state index contributed by atoms with van der Waals surface area (Å²) in [7, 11) is -3.73. The van der Waals surface area contributed by atoms with Gasteiger partial charge in [-0.2, -0.15) is 4.31 Å². The Balaban J connectivity index is 3.14. The monoisotopic (exact) mass is 285 g/mol. The quantitative estimate of drug-likeness (QED) is 0.769. The Labute approximate surface area is 113 Å². The molecule has 1 aromatic carbocycles. The Morgan fingerprint density at radius 1 is 1.26 bits per heavy atom. The smallest absolute Gasteiger partial charge is 0.243 e. The molecule has 0 aromatic heterocycles. The maximum atomic E-state index is 12.4. The number of nitrogens with two attached hydrogens (primary N) is 2. The van der Waals surface area contributed by atoms with Gasteiger partial charge in [-0.25, -0.2) is 8.42 Å². The highest BCUT2D eigenvalue weighted by molar-refractivity contribution is 7.89. The van der Waals surface area contributed by atoms with Gasteiger partial charge in [0.25, 0.3) is 0 Å². The van der Waals surface area contributed by atoms with Gasteiger partial charge in [-0.05, 0) is 31.5 Å². The van der Waals surface area contributed by atoms with E-state index in [0.717, 1.165) is 9.87 Å². The van der Waals surface area contributed by atoms with Crippen LogP contribution in [0.2, 0.25) is 0 Å². The molecule has 1 rings (SSSR count). The fourth-order valence-corrected chi connectivity index (χ4v) is 3.23. The lowest BCUT2D eigenvalue weighted by molar-refractivity contribution is -0.118. The van der Waals surface area contributed by atoms with Crippen molar-refractivity contribution >= 4 is 15.9 Å². The van der Waals surface area contributed by atoms with Crippen molar-refractivity contribution in [1.82, 2.24) is 4.31 Å². The third-order valence-electron chi connectivity index (χ3n) is 2.65. The van der Waals surface area contributed by atoms with Gasteiger partial charge in [0, 0.05) is 12.6 Å². The van der Waals surface area contributed by atoms with Gasteiger partial charge in [0.1, 0.15) is 0 Å². The Morgan fingerprint density at radius 3 is 2.16 bits per heavy atom. The van der Waals surface area contributed by atoms with Crippen LogP contribution in [0.1, 0.15) is 19.4 Å². The minimum atomic E-state index is -3.73. The molecule has 6 nitrogen and oxygen atoms in total. The number of hydrogen-bond acceptors (Lipinski definition) is 4. The highest BCUT2D eigenvalue weighted by Crippen LogP contribution is 2.18. The zero-order valence-corrected chi connectivity index (χ0v) is 11.9. The second-order valence-corrected chi connectivity index (χ2v) is 6.35. The predicted octanol–water partition coefficient (Wildman–Crippen LogP) is 0.0297. The standard InChI is InChI=1S/C12H19N3O3S/c1-9(2)15(8-12(14)16)19(17,18)11-5-3-10(7-13)4-6-11/h3-6,9H,7-8,13H2,1-2H3,(H2,14,16). The molecule has 0 aliphatic rings. The molecule has 0 aliphatic carbocycles. The molecule has 0 heterocycles. The molecule has 1 amide bonds. The van der Waals surface area contributed by atoms with E-state index < -0.39 is 15.9 Å². The van der Waals surface area contributed by atoms with E-state index in [2.05, 4.69) is 0 Å². The first kappa shape index (κ1) is 15.6. The van der Waals surface area contributed by atoms with Gasteiger partial charge in [-0.1, -0.05) is 12.1 Å². The number of sulfonamides is 1. The Hall–Kier alpha value is -1.44. The van der Waals surface area contributed by atoms with E-state index in [4.69, 9.17) is 11.5 Å². The van der Waals surface area contributed by atoms with E-state index in [1.165, 1.54) is 12.1 Å². The van der Waals surface area contributed by atoms with Crippen LogP contribution in [0.25, 0.3) is 0 Å². The Bertz CT molecular complexity index is 538. The third-order valence-corrected chi connectivity index (χ3v) is 4.69. The second kappa shape index (κ2) is 6.14. The minimum absolute atomic E-state index is 0.125. The number of primary amides is 1.